The summed E-state index contributed by atoms with van der Waals surface area (Å²) < 4.78 is 23.3. The minimum atomic E-state index is -3.02. The van der Waals surface area contributed by atoms with E-state index in [2.05, 4.69) is 5.32 Å². The van der Waals surface area contributed by atoms with Gasteiger partial charge in [-0.15, -0.1) is 0 Å². The van der Waals surface area contributed by atoms with Crippen molar-refractivity contribution in [3.05, 3.63) is 29.8 Å². The van der Waals surface area contributed by atoms with Crippen LogP contribution in [0.25, 0.3) is 0 Å². The summed E-state index contributed by atoms with van der Waals surface area (Å²) >= 11 is 0. The SMILES string of the molecule is CCCCS(=O)(=O)CCCC(=O)Nc1cccc(CN)c1. The van der Waals surface area contributed by atoms with Crippen molar-refractivity contribution >= 4 is 21.4 Å². The number of sulfone groups is 1. The van der Waals surface area contributed by atoms with Gasteiger partial charge in [0.2, 0.25) is 5.91 Å². The Bertz CT molecular complexity index is 556. The first-order valence-electron chi connectivity index (χ1n) is 7.26. The van der Waals surface area contributed by atoms with Crippen molar-refractivity contribution in [2.75, 3.05) is 16.8 Å². The second-order valence-electron chi connectivity index (χ2n) is 5.06. The van der Waals surface area contributed by atoms with Gasteiger partial charge in [-0.2, -0.15) is 0 Å². The molecule has 21 heavy (non-hydrogen) atoms. The standard InChI is InChI=1S/C15H24N2O3S/c1-2-3-9-21(19,20)10-5-8-15(18)17-14-7-4-6-13(11-14)12-16/h4,6-7,11H,2-3,5,8-10,12,16H2,1H3,(H,17,18). The van der Waals surface area contributed by atoms with E-state index in [4.69, 9.17) is 5.73 Å². The first kappa shape index (κ1) is 17.7. The van der Waals surface area contributed by atoms with Crippen LogP contribution in [0.4, 0.5) is 5.69 Å². The molecule has 1 aromatic rings. The zero-order valence-corrected chi connectivity index (χ0v) is 13.3. The number of carbonyl (C=O) groups excluding carboxylic acids is 1. The van der Waals surface area contributed by atoms with E-state index in [1.807, 2.05) is 25.1 Å². The average molecular weight is 312 g/mol. The van der Waals surface area contributed by atoms with Gasteiger partial charge in [0.15, 0.2) is 0 Å². The maximum absolute atomic E-state index is 11.8. The van der Waals surface area contributed by atoms with Crippen molar-refractivity contribution in [2.24, 2.45) is 5.73 Å². The molecule has 0 spiro atoms. The van der Waals surface area contributed by atoms with Crippen molar-refractivity contribution in [1.82, 2.24) is 0 Å². The van der Waals surface area contributed by atoms with Gasteiger partial charge in [0.25, 0.3) is 0 Å². The largest absolute Gasteiger partial charge is 0.326 e. The second kappa shape index (κ2) is 8.79. The monoisotopic (exact) mass is 312 g/mol. The highest BCUT2D eigenvalue weighted by atomic mass is 32.2. The predicted molar refractivity (Wildman–Crippen MR) is 85.8 cm³/mol. The van der Waals surface area contributed by atoms with Gasteiger partial charge >= 0.3 is 0 Å². The molecule has 1 aromatic carbocycles. The van der Waals surface area contributed by atoms with Crippen molar-refractivity contribution < 1.29 is 13.2 Å². The number of rotatable bonds is 9. The van der Waals surface area contributed by atoms with Gasteiger partial charge in [0, 0.05) is 18.7 Å². The van der Waals surface area contributed by atoms with Crippen molar-refractivity contribution in [1.29, 1.82) is 0 Å². The smallest absolute Gasteiger partial charge is 0.224 e. The van der Waals surface area contributed by atoms with Crippen LogP contribution in [0.1, 0.15) is 38.2 Å². The Labute approximate surface area is 126 Å². The van der Waals surface area contributed by atoms with Gasteiger partial charge < -0.3 is 11.1 Å². The number of nitrogens with two attached hydrogens (primary N) is 1. The normalized spacial score (nSPS) is 11.3. The molecule has 0 heterocycles. The van der Waals surface area contributed by atoms with Gasteiger partial charge in [-0.25, -0.2) is 8.42 Å². The number of benzene rings is 1. The molecule has 0 atom stereocenters. The lowest BCUT2D eigenvalue weighted by molar-refractivity contribution is -0.116. The number of hydrogen-bond acceptors (Lipinski definition) is 4. The van der Waals surface area contributed by atoms with Crippen LogP contribution in [-0.2, 0) is 21.2 Å². The summed E-state index contributed by atoms with van der Waals surface area (Å²) in [6, 6.07) is 7.31. The fraction of sp³-hybridized carbons (Fsp3) is 0.533. The van der Waals surface area contributed by atoms with E-state index in [9.17, 15) is 13.2 Å². The Hall–Kier alpha value is -1.40. The molecule has 0 aliphatic carbocycles. The number of nitrogens with one attached hydrogen (secondary N) is 1. The van der Waals surface area contributed by atoms with Crippen LogP contribution in [0.5, 0.6) is 0 Å². The minimum absolute atomic E-state index is 0.0727. The van der Waals surface area contributed by atoms with E-state index in [1.54, 1.807) is 6.07 Å². The third-order valence-corrected chi connectivity index (χ3v) is 4.94. The quantitative estimate of drug-likeness (QED) is 0.730. The van der Waals surface area contributed by atoms with Gasteiger partial charge in [0.1, 0.15) is 9.84 Å². The van der Waals surface area contributed by atoms with Crippen molar-refractivity contribution in [3.8, 4) is 0 Å². The molecular formula is C15H24N2O3S. The van der Waals surface area contributed by atoms with Crippen LogP contribution in [0.15, 0.2) is 24.3 Å². The molecule has 0 fully saturated rings. The molecule has 5 nitrogen and oxygen atoms in total. The number of hydrogen-bond donors (Lipinski definition) is 2. The van der Waals surface area contributed by atoms with Crippen molar-refractivity contribution in [3.63, 3.8) is 0 Å². The Morgan fingerprint density at radius 3 is 2.62 bits per heavy atom. The molecular weight excluding hydrogens is 288 g/mol. The molecule has 3 N–H and O–H groups in total. The van der Waals surface area contributed by atoms with E-state index in [1.165, 1.54) is 0 Å². The summed E-state index contributed by atoms with van der Waals surface area (Å²) in [7, 11) is -3.02. The lowest BCUT2D eigenvalue weighted by Gasteiger charge is -2.07. The highest BCUT2D eigenvalue weighted by molar-refractivity contribution is 7.91. The molecule has 0 aliphatic heterocycles. The fourth-order valence-corrected chi connectivity index (χ4v) is 3.44. The summed E-state index contributed by atoms with van der Waals surface area (Å²) in [6.45, 7) is 2.37. The number of anilines is 1. The molecule has 0 saturated carbocycles. The highest BCUT2D eigenvalue weighted by Crippen LogP contribution is 2.11. The summed E-state index contributed by atoms with van der Waals surface area (Å²) in [5, 5.41) is 2.76. The van der Waals surface area contributed by atoms with Gasteiger partial charge in [-0.1, -0.05) is 25.5 Å². The summed E-state index contributed by atoms with van der Waals surface area (Å²) in [6.07, 6.45) is 2.10. The van der Waals surface area contributed by atoms with Crippen LogP contribution >= 0.6 is 0 Å². The summed E-state index contributed by atoms with van der Waals surface area (Å²) in [5.74, 6) is 0.113. The third kappa shape index (κ3) is 7.24. The van der Waals surface area contributed by atoms with Crippen LogP contribution < -0.4 is 11.1 Å². The first-order valence-corrected chi connectivity index (χ1v) is 9.08. The molecule has 0 saturated heterocycles. The maximum Gasteiger partial charge on any atom is 0.224 e. The molecule has 1 rings (SSSR count). The topological polar surface area (TPSA) is 89.3 Å². The first-order chi connectivity index (χ1) is 9.96. The number of carbonyl (C=O) groups is 1. The summed E-state index contributed by atoms with van der Waals surface area (Å²) in [5.41, 5.74) is 7.17. The van der Waals surface area contributed by atoms with E-state index in [-0.39, 0.29) is 23.8 Å². The molecule has 1 amide bonds. The molecule has 6 heteroatoms. The van der Waals surface area contributed by atoms with Crippen LogP contribution in [0.3, 0.4) is 0 Å². The molecule has 0 aromatic heterocycles. The van der Waals surface area contributed by atoms with Gasteiger partial charge in [0.05, 0.1) is 11.5 Å². The fourth-order valence-electron chi connectivity index (χ4n) is 1.92. The molecule has 0 bridgehead atoms. The Balaban J connectivity index is 2.37. The predicted octanol–water partition coefficient (Wildman–Crippen LogP) is 2.08. The van der Waals surface area contributed by atoms with Crippen LogP contribution in [0, 0.1) is 0 Å². The maximum atomic E-state index is 11.8. The highest BCUT2D eigenvalue weighted by Gasteiger charge is 2.11. The van der Waals surface area contributed by atoms with Crippen LogP contribution in [0.2, 0.25) is 0 Å². The molecule has 118 valence electrons. The van der Waals surface area contributed by atoms with Crippen LogP contribution in [-0.4, -0.2) is 25.8 Å². The zero-order valence-electron chi connectivity index (χ0n) is 12.5. The van der Waals surface area contributed by atoms with Gasteiger partial charge in [-0.05, 0) is 30.5 Å². The van der Waals surface area contributed by atoms with E-state index in [0.717, 1.165) is 12.0 Å². The third-order valence-electron chi connectivity index (χ3n) is 3.11. The number of unbranched alkanes of at least 4 members (excludes halogenated alkanes) is 1. The summed E-state index contributed by atoms with van der Waals surface area (Å²) in [4.78, 5) is 11.8. The number of amides is 1. The van der Waals surface area contributed by atoms with Crippen molar-refractivity contribution in [2.45, 2.75) is 39.2 Å². The second-order valence-corrected chi connectivity index (χ2v) is 7.37. The lowest BCUT2D eigenvalue weighted by Crippen LogP contribution is -2.16. The lowest BCUT2D eigenvalue weighted by atomic mass is 10.2. The van der Waals surface area contributed by atoms with E-state index in [0.29, 0.717) is 25.1 Å². The molecule has 0 unspecified atom stereocenters. The van der Waals surface area contributed by atoms with E-state index >= 15 is 0 Å². The van der Waals surface area contributed by atoms with Gasteiger partial charge in [-0.3, -0.25) is 4.79 Å². The Morgan fingerprint density at radius 2 is 1.95 bits per heavy atom. The molecule has 0 aliphatic rings. The minimum Gasteiger partial charge on any atom is -0.326 e. The Kier molecular flexibility index (Phi) is 7.39. The Morgan fingerprint density at radius 1 is 1.24 bits per heavy atom. The average Bonchev–Trinajstić information content (AvgIpc) is 2.45. The van der Waals surface area contributed by atoms with E-state index < -0.39 is 9.84 Å². The zero-order chi connectivity index (χ0) is 15.7. The molecule has 0 radical (unpaired) electrons.